The second-order valence-corrected chi connectivity index (χ2v) is 7.03. The van der Waals surface area contributed by atoms with E-state index in [4.69, 9.17) is 4.42 Å². The molecule has 2 N–H and O–H groups in total. The van der Waals surface area contributed by atoms with Crippen LogP contribution in [-0.4, -0.2) is 42.3 Å². The summed E-state index contributed by atoms with van der Waals surface area (Å²) in [5.74, 6) is 1.68. The van der Waals surface area contributed by atoms with E-state index < -0.39 is 0 Å². The predicted molar refractivity (Wildman–Crippen MR) is 96.0 cm³/mol. The number of fused-ring (bicyclic) bond motifs is 5. The molecule has 7 nitrogen and oxygen atoms in total. The van der Waals surface area contributed by atoms with Gasteiger partial charge in [-0.25, -0.2) is 4.99 Å². The Bertz CT molecular complexity index is 710. The first-order valence-corrected chi connectivity index (χ1v) is 9.27. The summed E-state index contributed by atoms with van der Waals surface area (Å²) in [5, 5.41) is 6.35. The molecule has 4 unspecified atom stereocenters. The molecule has 1 aliphatic heterocycles. The molecule has 1 aromatic heterocycles. The molecule has 2 aliphatic carbocycles. The van der Waals surface area contributed by atoms with Gasteiger partial charge in [0.15, 0.2) is 5.96 Å². The van der Waals surface area contributed by atoms with E-state index in [1.54, 1.807) is 6.26 Å². The van der Waals surface area contributed by atoms with Gasteiger partial charge in [-0.15, -0.1) is 0 Å². The van der Waals surface area contributed by atoms with Crippen LogP contribution in [0.4, 0.5) is 0 Å². The molecule has 7 heteroatoms. The van der Waals surface area contributed by atoms with Gasteiger partial charge in [0.05, 0.1) is 18.1 Å². The van der Waals surface area contributed by atoms with Crippen LogP contribution in [0.1, 0.15) is 19.1 Å². The van der Waals surface area contributed by atoms with Gasteiger partial charge in [-0.05, 0) is 37.3 Å². The minimum absolute atomic E-state index is 0.00354. The number of aliphatic imine (C=N–C) groups is 1. The number of hydrogen-bond acceptors (Lipinski definition) is 4. The number of nitrogens with one attached hydrogen (secondary N) is 2. The van der Waals surface area contributed by atoms with E-state index >= 15 is 0 Å². The maximum Gasteiger partial charge on any atom is 0.233 e. The Morgan fingerprint density at radius 3 is 2.58 bits per heavy atom. The highest BCUT2D eigenvalue weighted by atomic mass is 16.3. The average Bonchev–Trinajstić information content (AvgIpc) is 3.40. The third-order valence-electron chi connectivity index (χ3n) is 5.51. The lowest BCUT2D eigenvalue weighted by atomic mass is 9.85. The lowest BCUT2D eigenvalue weighted by molar-refractivity contribution is -0.140. The van der Waals surface area contributed by atoms with E-state index in [0.29, 0.717) is 25.6 Å². The van der Waals surface area contributed by atoms with Crippen molar-refractivity contribution in [1.82, 2.24) is 15.5 Å². The van der Waals surface area contributed by atoms with E-state index in [1.807, 2.05) is 19.1 Å². The first-order chi connectivity index (χ1) is 12.7. The summed E-state index contributed by atoms with van der Waals surface area (Å²) in [6, 6.07) is 3.70. The van der Waals surface area contributed by atoms with Crippen LogP contribution >= 0.6 is 0 Å². The third-order valence-corrected chi connectivity index (χ3v) is 5.51. The van der Waals surface area contributed by atoms with Gasteiger partial charge in [-0.2, -0.15) is 0 Å². The van der Waals surface area contributed by atoms with Crippen LogP contribution in [0.25, 0.3) is 0 Å². The minimum atomic E-state index is -0.127. The molecule has 1 aromatic rings. The molecule has 4 rings (SSSR count). The van der Waals surface area contributed by atoms with Gasteiger partial charge in [0, 0.05) is 19.6 Å². The summed E-state index contributed by atoms with van der Waals surface area (Å²) >= 11 is 0. The average molecular weight is 356 g/mol. The molecule has 0 radical (unpaired) electrons. The van der Waals surface area contributed by atoms with E-state index in [1.165, 1.54) is 4.90 Å². The second-order valence-electron chi connectivity index (χ2n) is 7.03. The van der Waals surface area contributed by atoms with Crippen molar-refractivity contribution < 1.29 is 14.0 Å². The molecule has 1 saturated heterocycles. The molecule has 0 spiro atoms. The monoisotopic (exact) mass is 356 g/mol. The van der Waals surface area contributed by atoms with E-state index in [-0.39, 0.29) is 35.5 Å². The topological polar surface area (TPSA) is 86.9 Å². The normalized spacial score (nSPS) is 29.6. The molecule has 2 bridgehead atoms. The molecule has 4 atom stereocenters. The number of carbonyl (C=O) groups excluding carboxylic acids is 2. The zero-order valence-electron chi connectivity index (χ0n) is 14.9. The van der Waals surface area contributed by atoms with Gasteiger partial charge in [0.1, 0.15) is 12.3 Å². The van der Waals surface area contributed by atoms with Crippen LogP contribution in [0.2, 0.25) is 0 Å². The zero-order valence-corrected chi connectivity index (χ0v) is 14.9. The molecule has 26 heavy (non-hydrogen) atoms. The van der Waals surface area contributed by atoms with Crippen molar-refractivity contribution in [3.63, 3.8) is 0 Å². The van der Waals surface area contributed by atoms with Crippen LogP contribution in [0, 0.1) is 23.7 Å². The largest absolute Gasteiger partial charge is 0.467 e. The molecular weight excluding hydrogens is 332 g/mol. The van der Waals surface area contributed by atoms with Gasteiger partial charge >= 0.3 is 0 Å². The number of hydrogen-bond donors (Lipinski definition) is 2. The van der Waals surface area contributed by atoms with Crippen molar-refractivity contribution in [3.05, 3.63) is 36.3 Å². The quantitative estimate of drug-likeness (QED) is 0.345. The molecular formula is C19H24N4O3. The molecule has 2 fully saturated rings. The number of carbonyl (C=O) groups is 2. The molecule has 2 heterocycles. The van der Waals surface area contributed by atoms with E-state index in [9.17, 15) is 9.59 Å². The van der Waals surface area contributed by atoms with Crippen LogP contribution in [0.5, 0.6) is 0 Å². The number of guanidine groups is 1. The summed E-state index contributed by atoms with van der Waals surface area (Å²) in [6.07, 6.45) is 6.81. The van der Waals surface area contributed by atoms with Gasteiger partial charge in [0.2, 0.25) is 11.8 Å². The molecule has 3 aliphatic rings. The highest BCUT2D eigenvalue weighted by Gasteiger charge is 2.58. The predicted octanol–water partition coefficient (Wildman–Crippen LogP) is 1.14. The lowest BCUT2D eigenvalue weighted by Gasteiger charge is -2.18. The number of likely N-dealkylation sites (tertiary alicyclic amines) is 1. The standard InChI is InChI=1S/C19H24N4O3/c1-2-20-19(22-11-14-4-3-9-26-14)21-7-8-23-17(24)15-12-5-6-13(10-12)16(15)18(23)25/h3-6,9,12-13,15-16H,2,7-8,10-11H2,1H3,(H2,20,21,22). The maximum atomic E-state index is 12.7. The Balaban J connectivity index is 1.33. The number of nitrogens with zero attached hydrogens (tertiary/aromatic N) is 2. The highest BCUT2D eigenvalue weighted by molar-refractivity contribution is 6.06. The van der Waals surface area contributed by atoms with Crippen molar-refractivity contribution in [2.24, 2.45) is 28.7 Å². The van der Waals surface area contributed by atoms with E-state index in [2.05, 4.69) is 27.8 Å². The Labute approximate surface area is 152 Å². The van der Waals surface area contributed by atoms with Crippen molar-refractivity contribution in [2.45, 2.75) is 19.9 Å². The first kappa shape index (κ1) is 16.9. The first-order valence-electron chi connectivity index (χ1n) is 9.27. The van der Waals surface area contributed by atoms with Crippen molar-refractivity contribution in [1.29, 1.82) is 0 Å². The molecule has 1 saturated carbocycles. The van der Waals surface area contributed by atoms with Crippen LogP contribution in [-0.2, 0) is 16.1 Å². The van der Waals surface area contributed by atoms with Gasteiger partial charge in [-0.3, -0.25) is 14.5 Å². The Morgan fingerprint density at radius 1 is 1.23 bits per heavy atom. The summed E-state index contributed by atoms with van der Waals surface area (Å²) in [4.78, 5) is 31.2. The van der Waals surface area contributed by atoms with Crippen LogP contribution < -0.4 is 10.6 Å². The highest BCUT2D eigenvalue weighted by Crippen LogP contribution is 2.52. The Kier molecular flexibility index (Phi) is 4.53. The number of allylic oxidation sites excluding steroid dienone is 2. The summed E-state index contributed by atoms with van der Waals surface area (Å²) in [7, 11) is 0. The fourth-order valence-electron chi connectivity index (χ4n) is 4.37. The Hall–Kier alpha value is -2.57. The molecule has 138 valence electrons. The van der Waals surface area contributed by atoms with Gasteiger partial charge in [0.25, 0.3) is 0 Å². The number of furan rings is 1. The smallest absolute Gasteiger partial charge is 0.233 e. The fourth-order valence-corrected chi connectivity index (χ4v) is 4.37. The van der Waals surface area contributed by atoms with Gasteiger partial charge < -0.3 is 15.1 Å². The Morgan fingerprint density at radius 2 is 1.96 bits per heavy atom. The third kappa shape index (κ3) is 2.91. The second kappa shape index (κ2) is 6.97. The fraction of sp³-hybridized carbons (Fsp3) is 0.526. The summed E-state index contributed by atoms with van der Waals surface area (Å²) in [6.45, 7) is 3.99. The van der Waals surface area contributed by atoms with Gasteiger partial charge in [-0.1, -0.05) is 12.2 Å². The van der Waals surface area contributed by atoms with Crippen molar-refractivity contribution in [3.8, 4) is 0 Å². The lowest BCUT2D eigenvalue weighted by Crippen LogP contribution is -2.43. The van der Waals surface area contributed by atoms with E-state index in [0.717, 1.165) is 18.7 Å². The number of imide groups is 1. The minimum Gasteiger partial charge on any atom is -0.467 e. The summed E-state index contributed by atoms with van der Waals surface area (Å²) in [5.41, 5.74) is 0. The number of rotatable bonds is 6. The van der Waals surface area contributed by atoms with Crippen molar-refractivity contribution in [2.75, 3.05) is 19.6 Å². The molecule has 0 aromatic carbocycles. The number of amides is 2. The van der Waals surface area contributed by atoms with Crippen LogP contribution in [0.15, 0.2) is 40.0 Å². The SMILES string of the molecule is CCNC(=NCc1ccco1)NCCN1C(=O)C2C3C=CC(C3)C2C1=O. The maximum absolute atomic E-state index is 12.7. The van der Waals surface area contributed by atoms with Crippen molar-refractivity contribution >= 4 is 17.8 Å². The molecule has 2 amide bonds. The van der Waals surface area contributed by atoms with Crippen LogP contribution in [0.3, 0.4) is 0 Å². The zero-order chi connectivity index (χ0) is 18.1. The summed E-state index contributed by atoms with van der Waals surface area (Å²) < 4.78 is 5.28.